The Kier molecular flexibility index (Phi) is 4.57. The highest BCUT2D eigenvalue weighted by Gasteiger charge is 2.08. The van der Waals surface area contributed by atoms with E-state index in [0.717, 1.165) is 10.0 Å². The Morgan fingerprint density at radius 1 is 1.25 bits per heavy atom. The molecule has 0 radical (unpaired) electrons. The molecule has 3 N–H and O–H groups in total. The Morgan fingerprint density at radius 2 is 2.00 bits per heavy atom. The van der Waals surface area contributed by atoms with Gasteiger partial charge in [0.25, 0.3) is 0 Å². The zero-order chi connectivity index (χ0) is 14.7. The van der Waals surface area contributed by atoms with Crippen molar-refractivity contribution in [2.45, 2.75) is 0 Å². The number of nitrogens with two attached hydrogens (primary N) is 1. The maximum atomic E-state index is 13.8. The van der Waals surface area contributed by atoms with Gasteiger partial charge in [0.15, 0.2) is 0 Å². The minimum Gasteiger partial charge on any atom is -0.497 e. The summed E-state index contributed by atoms with van der Waals surface area (Å²) in [4.78, 5) is 0.310. The van der Waals surface area contributed by atoms with Gasteiger partial charge in [0.1, 0.15) is 16.6 Å². The van der Waals surface area contributed by atoms with Crippen molar-refractivity contribution in [1.82, 2.24) is 0 Å². The SMILES string of the molecule is COc1ccc(F)c(Nc2ccc(C(N)=S)cc2Br)c1. The first-order chi connectivity index (χ1) is 9.51. The number of thiocarbonyl (C=S) groups is 1. The second kappa shape index (κ2) is 6.19. The third-order valence-electron chi connectivity index (χ3n) is 2.70. The summed E-state index contributed by atoms with van der Waals surface area (Å²) in [6.45, 7) is 0. The summed E-state index contributed by atoms with van der Waals surface area (Å²) in [6, 6.07) is 9.82. The van der Waals surface area contributed by atoms with E-state index in [2.05, 4.69) is 21.2 Å². The minimum absolute atomic E-state index is 0.310. The van der Waals surface area contributed by atoms with Gasteiger partial charge in [-0.3, -0.25) is 0 Å². The van der Waals surface area contributed by atoms with Gasteiger partial charge < -0.3 is 15.8 Å². The van der Waals surface area contributed by atoms with Gasteiger partial charge in [0.2, 0.25) is 0 Å². The number of hydrogen-bond donors (Lipinski definition) is 2. The molecule has 0 saturated heterocycles. The van der Waals surface area contributed by atoms with Gasteiger partial charge in [-0.25, -0.2) is 4.39 Å². The molecular weight excluding hydrogens is 343 g/mol. The lowest BCUT2D eigenvalue weighted by atomic mass is 10.2. The number of ether oxygens (including phenoxy) is 1. The first-order valence-corrected chi connectivity index (χ1v) is 6.91. The van der Waals surface area contributed by atoms with Crippen LogP contribution in [0.3, 0.4) is 0 Å². The van der Waals surface area contributed by atoms with E-state index in [4.69, 9.17) is 22.7 Å². The highest BCUT2D eigenvalue weighted by Crippen LogP contribution is 2.30. The normalized spacial score (nSPS) is 10.2. The molecule has 0 atom stereocenters. The Labute approximate surface area is 130 Å². The lowest BCUT2D eigenvalue weighted by Gasteiger charge is -2.12. The van der Waals surface area contributed by atoms with E-state index in [9.17, 15) is 4.39 Å². The van der Waals surface area contributed by atoms with Gasteiger partial charge in [0.05, 0.1) is 18.5 Å². The lowest BCUT2D eigenvalue weighted by Crippen LogP contribution is -2.09. The van der Waals surface area contributed by atoms with Crippen molar-refractivity contribution in [2.75, 3.05) is 12.4 Å². The Hall–Kier alpha value is -1.66. The van der Waals surface area contributed by atoms with Crippen LogP contribution in [0.1, 0.15) is 5.56 Å². The van der Waals surface area contributed by atoms with Crippen LogP contribution < -0.4 is 15.8 Å². The summed E-state index contributed by atoms with van der Waals surface area (Å²) in [5, 5.41) is 3.00. The fourth-order valence-electron chi connectivity index (χ4n) is 1.64. The van der Waals surface area contributed by atoms with Crippen LogP contribution in [0.2, 0.25) is 0 Å². The number of benzene rings is 2. The number of anilines is 2. The number of nitrogens with one attached hydrogen (secondary N) is 1. The van der Waals surface area contributed by atoms with Crippen LogP contribution in [0, 0.1) is 5.82 Å². The van der Waals surface area contributed by atoms with Crippen LogP contribution >= 0.6 is 28.1 Å². The molecule has 0 unspecified atom stereocenters. The van der Waals surface area contributed by atoms with Crippen molar-refractivity contribution in [3.05, 3.63) is 52.3 Å². The van der Waals surface area contributed by atoms with Crippen molar-refractivity contribution in [1.29, 1.82) is 0 Å². The molecule has 0 aliphatic carbocycles. The predicted octanol–water partition coefficient (Wildman–Crippen LogP) is 3.97. The van der Waals surface area contributed by atoms with Crippen molar-refractivity contribution in [3.63, 3.8) is 0 Å². The summed E-state index contributed by atoms with van der Waals surface area (Å²) >= 11 is 8.31. The number of methoxy groups -OCH3 is 1. The minimum atomic E-state index is -0.365. The standard InChI is InChI=1S/C14H12BrFN2OS/c1-19-9-3-4-11(16)13(7-9)18-12-5-2-8(14(17)20)6-10(12)15/h2-7,18H,1H3,(H2,17,20). The topological polar surface area (TPSA) is 47.3 Å². The maximum absolute atomic E-state index is 13.8. The number of rotatable bonds is 4. The van der Waals surface area contributed by atoms with Crippen LogP contribution in [0.15, 0.2) is 40.9 Å². The van der Waals surface area contributed by atoms with E-state index in [-0.39, 0.29) is 5.82 Å². The fourth-order valence-corrected chi connectivity index (χ4v) is 2.25. The van der Waals surface area contributed by atoms with Crippen molar-refractivity contribution >= 4 is 44.5 Å². The molecule has 0 saturated carbocycles. The zero-order valence-corrected chi connectivity index (χ0v) is 13.0. The lowest BCUT2D eigenvalue weighted by molar-refractivity contribution is 0.414. The number of hydrogen-bond acceptors (Lipinski definition) is 3. The molecule has 0 aliphatic heterocycles. The molecule has 0 fully saturated rings. The van der Waals surface area contributed by atoms with Gasteiger partial charge >= 0.3 is 0 Å². The smallest absolute Gasteiger partial charge is 0.146 e. The average Bonchev–Trinajstić information content (AvgIpc) is 2.43. The third kappa shape index (κ3) is 3.26. The molecule has 0 amide bonds. The maximum Gasteiger partial charge on any atom is 0.146 e. The summed E-state index contributed by atoms with van der Waals surface area (Å²) in [6.07, 6.45) is 0. The van der Waals surface area contributed by atoms with E-state index in [1.54, 1.807) is 30.3 Å². The molecule has 2 rings (SSSR count). The van der Waals surface area contributed by atoms with Crippen LogP contribution in [0.4, 0.5) is 15.8 Å². The Bertz CT molecular complexity index is 664. The quantitative estimate of drug-likeness (QED) is 0.815. The van der Waals surface area contributed by atoms with Gasteiger partial charge in [-0.15, -0.1) is 0 Å². The zero-order valence-electron chi connectivity index (χ0n) is 10.6. The van der Waals surface area contributed by atoms with Gasteiger partial charge in [0, 0.05) is 16.1 Å². The molecule has 20 heavy (non-hydrogen) atoms. The monoisotopic (exact) mass is 354 g/mol. The van der Waals surface area contributed by atoms with E-state index in [1.165, 1.54) is 13.2 Å². The van der Waals surface area contributed by atoms with Crippen LogP contribution in [-0.2, 0) is 0 Å². The average molecular weight is 355 g/mol. The van der Waals surface area contributed by atoms with Gasteiger partial charge in [-0.05, 0) is 46.3 Å². The largest absolute Gasteiger partial charge is 0.497 e. The molecule has 0 aromatic heterocycles. The molecule has 104 valence electrons. The van der Waals surface area contributed by atoms with Crippen molar-refractivity contribution in [3.8, 4) is 5.75 Å². The Balaban J connectivity index is 2.32. The highest BCUT2D eigenvalue weighted by molar-refractivity contribution is 9.10. The van der Waals surface area contributed by atoms with Crippen molar-refractivity contribution in [2.24, 2.45) is 5.73 Å². The van der Waals surface area contributed by atoms with Crippen LogP contribution in [0.5, 0.6) is 5.75 Å². The molecule has 0 bridgehead atoms. The summed E-state index contributed by atoms with van der Waals surface area (Å²) in [7, 11) is 1.53. The van der Waals surface area contributed by atoms with E-state index in [0.29, 0.717) is 22.1 Å². The molecule has 0 aliphatic rings. The second-order valence-corrected chi connectivity index (χ2v) is 5.32. The molecule has 0 heterocycles. The summed E-state index contributed by atoms with van der Waals surface area (Å²) < 4.78 is 19.6. The molecule has 6 heteroatoms. The molecule has 2 aromatic carbocycles. The fraction of sp³-hybridized carbons (Fsp3) is 0.0714. The first-order valence-electron chi connectivity index (χ1n) is 5.71. The Morgan fingerprint density at radius 3 is 2.60 bits per heavy atom. The molecule has 2 aromatic rings. The predicted molar refractivity (Wildman–Crippen MR) is 86.3 cm³/mol. The van der Waals surface area contributed by atoms with Crippen LogP contribution in [-0.4, -0.2) is 12.1 Å². The van der Waals surface area contributed by atoms with E-state index in [1.807, 2.05) is 0 Å². The third-order valence-corrected chi connectivity index (χ3v) is 3.59. The summed E-state index contributed by atoms with van der Waals surface area (Å²) in [5.74, 6) is 0.209. The summed E-state index contributed by atoms with van der Waals surface area (Å²) in [5.41, 5.74) is 7.33. The van der Waals surface area contributed by atoms with Gasteiger partial charge in [-0.1, -0.05) is 12.2 Å². The van der Waals surface area contributed by atoms with E-state index >= 15 is 0 Å². The molecular formula is C14H12BrFN2OS. The highest BCUT2D eigenvalue weighted by atomic mass is 79.9. The van der Waals surface area contributed by atoms with Crippen LogP contribution in [0.25, 0.3) is 0 Å². The van der Waals surface area contributed by atoms with Gasteiger partial charge in [-0.2, -0.15) is 0 Å². The second-order valence-electron chi connectivity index (χ2n) is 4.03. The molecule has 0 spiro atoms. The number of halogens is 2. The first kappa shape index (κ1) is 14.7. The van der Waals surface area contributed by atoms with Crippen molar-refractivity contribution < 1.29 is 9.13 Å². The van der Waals surface area contributed by atoms with E-state index < -0.39 is 0 Å². The molecule has 3 nitrogen and oxygen atoms in total.